The summed E-state index contributed by atoms with van der Waals surface area (Å²) in [6.45, 7) is 2.11. The van der Waals surface area contributed by atoms with Gasteiger partial charge in [0.05, 0.1) is 17.6 Å². The van der Waals surface area contributed by atoms with Gasteiger partial charge in [0.1, 0.15) is 5.75 Å². The first-order valence-corrected chi connectivity index (χ1v) is 8.15. The zero-order valence-electron chi connectivity index (χ0n) is 11.8. The molecule has 2 rings (SSSR count). The van der Waals surface area contributed by atoms with Crippen LogP contribution in [0.15, 0.2) is 40.9 Å². The lowest BCUT2D eigenvalue weighted by Gasteiger charge is -2.20. The molecule has 0 fully saturated rings. The standard InChI is InChI=1S/C16H16BrCl2NO/c1-3-15(12-6-4-10(18)8-14(12)19)20-11-5-7-16(21-2)13(17)9-11/h4-9,15,20H,3H2,1-2H3. The summed E-state index contributed by atoms with van der Waals surface area (Å²) in [6, 6.07) is 11.6. The zero-order chi connectivity index (χ0) is 15.4. The number of ether oxygens (including phenoxy) is 1. The molecule has 5 heteroatoms. The highest BCUT2D eigenvalue weighted by Gasteiger charge is 2.14. The minimum absolute atomic E-state index is 0.120. The fourth-order valence-electron chi connectivity index (χ4n) is 2.14. The summed E-state index contributed by atoms with van der Waals surface area (Å²) < 4.78 is 6.15. The molecule has 2 aromatic carbocycles. The molecule has 2 aromatic rings. The van der Waals surface area contributed by atoms with Crippen molar-refractivity contribution in [3.05, 3.63) is 56.5 Å². The van der Waals surface area contributed by atoms with Gasteiger partial charge in [-0.2, -0.15) is 0 Å². The third kappa shape index (κ3) is 4.06. The highest BCUT2D eigenvalue weighted by Crippen LogP contribution is 2.33. The van der Waals surface area contributed by atoms with Crippen molar-refractivity contribution in [1.29, 1.82) is 0 Å². The molecule has 0 aliphatic carbocycles. The Bertz CT molecular complexity index is 634. The van der Waals surface area contributed by atoms with Crippen LogP contribution in [0.25, 0.3) is 0 Å². The van der Waals surface area contributed by atoms with E-state index in [1.165, 1.54) is 0 Å². The van der Waals surface area contributed by atoms with Crippen LogP contribution in [0, 0.1) is 0 Å². The second-order valence-corrected chi connectivity index (χ2v) is 6.32. The van der Waals surface area contributed by atoms with Crippen molar-refractivity contribution >= 4 is 44.8 Å². The fourth-order valence-corrected chi connectivity index (χ4v) is 3.22. The molecule has 0 aromatic heterocycles. The SMILES string of the molecule is CCC(Nc1ccc(OC)c(Br)c1)c1ccc(Cl)cc1Cl. The molecule has 1 atom stereocenters. The van der Waals surface area contributed by atoms with Gasteiger partial charge in [0.2, 0.25) is 0 Å². The van der Waals surface area contributed by atoms with Crippen LogP contribution in [0.1, 0.15) is 24.9 Å². The highest BCUT2D eigenvalue weighted by molar-refractivity contribution is 9.10. The van der Waals surface area contributed by atoms with Gasteiger partial charge in [0.25, 0.3) is 0 Å². The summed E-state index contributed by atoms with van der Waals surface area (Å²) in [7, 11) is 1.65. The van der Waals surface area contributed by atoms with Crippen molar-refractivity contribution in [3.8, 4) is 5.75 Å². The molecule has 0 radical (unpaired) electrons. The molecule has 0 heterocycles. The van der Waals surface area contributed by atoms with Crippen LogP contribution in [0.4, 0.5) is 5.69 Å². The quantitative estimate of drug-likeness (QED) is 0.646. The van der Waals surface area contributed by atoms with Crippen LogP contribution in [-0.2, 0) is 0 Å². The lowest BCUT2D eigenvalue weighted by molar-refractivity contribution is 0.412. The van der Waals surface area contributed by atoms with Gasteiger partial charge in [-0.1, -0.05) is 36.2 Å². The lowest BCUT2D eigenvalue weighted by atomic mass is 10.0. The fraction of sp³-hybridized carbons (Fsp3) is 0.250. The summed E-state index contributed by atoms with van der Waals surface area (Å²) >= 11 is 15.7. The number of nitrogens with one attached hydrogen (secondary N) is 1. The smallest absolute Gasteiger partial charge is 0.133 e. The Hall–Kier alpha value is -0.900. The Morgan fingerprint density at radius 2 is 1.95 bits per heavy atom. The Kier molecular flexibility index (Phi) is 5.80. The van der Waals surface area contributed by atoms with E-state index in [1.54, 1.807) is 13.2 Å². The number of hydrogen-bond donors (Lipinski definition) is 1. The molecule has 2 nitrogen and oxygen atoms in total. The predicted octanol–water partition coefficient (Wildman–Crippen LogP) is 6.33. The number of methoxy groups -OCH3 is 1. The highest BCUT2D eigenvalue weighted by atomic mass is 79.9. The maximum Gasteiger partial charge on any atom is 0.133 e. The molecule has 1 unspecified atom stereocenters. The van der Waals surface area contributed by atoms with Crippen LogP contribution in [-0.4, -0.2) is 7.11 Å². The van der Waals surface area contributed by atoms with Crippen molar-refractivity contribution in [3.63, 3.8) is 0 Å². The lowest BCUT2D eigenvalue weighted by Crippen LogP contribution is -2.10. The zero-order valence-corrected chi connectivity index (χ0v) is 14.9. The summed E-state index contributed by atoms with van der Waals surface area (Å²) in [5.41, 5.74) is 2.04. The molecule has 21 heavy (non-hydrogen) atoms. The van der Waals surface area contributed by atoms with E-state index in [9.17, 15) is 0 Å². The number of benzene rings is 2. The third-order valence-electron chi connectivity index (χ3n) is 3.24. The van der Waals surface area contributed by atoms with E-state index in [4.69, 9.17) is 27.9 Å². The Balaban J connectivity index is 2.24. The molecular formula is C16H16BrCl2NO. The first kappa shape index (κ1) is 16.5. The van der Waals surface area contributed by atoms with E-state index in [-0.39, 0.29) is 6.04 Å². The van der Waals surface area contributed by atoms with Crippen LogP contribution in [0.2, 0.25) is 10.0 Å². The van der Waals surface area contributed by atoms with Crippen molar-refractivity contribution in [2.24, 2.45) is 0 Å². The first-order valence-electron chi connectivity index (χ1n) is 6.60. The van der Waals surface area contributed by atoms with E-state index in [0.717, 1.165) is 27.9 Å². The predicted molar refractivity (Wildman–Crippen MR) is 93.8 cm³/mol. The molecule has 0 amide bonds. The molecule has 1 N–H and O–H groups in total. The number of rotatable bonds is 5. The number of hydrogen-bond acceptors (Lipinski definition) is 2. The molecular weight excluding hydrogens is 373 g/mol. The summed E-state index contributed by atoms with van der Waals surface area (Å²) in [5.74, 6) is 0.804. The van der Waals surface area contributed by atoms with E-state index in [2.05, 4.69) is 28.2 Å². The van der Waals surface area contributed by atoms with Crippen LogP contribution < -0.4 is 10.1 Å². The molecule has 0 aliphatic heterocycles. The maximum absolute atomic E-state index is 6.29. The molecule has 0 saturated carbocycles. The Morgan fingerprint density at radius 3 is 2.52 bits per heavy atom. The van der Waals surface area contributed by atoms with Crippen molar-refractivity contribution < 1.29 is 4.74 Å². The maximum atomic E-state index is 6.29. The van der Waals surface area contributed by atoms with Gasteiger partial charge in [-0.15, -0.1) is 0 Å². The van der Waals surface area contributed by atoms with Gasteiger partial charge in [-0.25, -0.2) is 0 Å². The summed E-state index contributed by atoms with van der Waals surface area (Å²) in [4.78, 5) is 0. The molecule has 112 valence electrons. The van der Waals surface area contributed by atoms with Gasteiger partial charge in [0, 0.05) is 15.7 Å². The normalized spacial score (nSPS) is 12.0. The van der Waals surface area contributed by atoms with E-state index >= 15 is 0 Å². The monoisotopic (exact) mass is 387 g/mol. The van der Waals surface area contributed by atoms with Gasteiger partial charge >= 0.3 is 0 Å². The minimum Gasteiger partial charge on any atom is -0.496 e. The Morgan fingerprint density at radius 1 is 1.19 bits per heavy atom. The Labute approximate surface area is 143 Å². The third-order valence-corrected chi connectivity index (χ3v) is 4.42. The van der Waals surface area contributed by atoms with Crippen molar-refractivity contribution in [2.75, 3.05) is 12.4 Å². The summed E-state index contributed by atoms with van der Waals surface area (Å²) in [5, 5.41) is 4.80. The second-order valence-electron chi connectivity index (χ2n) is 4.62. The minimum atomic E-state index is 0.120. The molecule has 0 saturated heterocycles. The van der Waals surface area contributed by atoms with Gasteiger partial charge in [-0.05, 0) is 58.2 Å². The van der Waals surface area contributed by atoms with Crippen LogP contribution in [0.3, 0.4) is 0 Å². The molecule has 0 bridgehead atoms. The van der Waals surface area contributed by atoms with Gasteiger partial charge in [-0.3, -0.25) is 0 Å². The van der Waals surface area contributed by atoms with E-state index < -0.39 is 0 Å². The average Bonchev–Trinajstić information content (AvgIpc) is 2.45. The van der Waals surface area contributed by atoms with Crippen LogP contribution in [0.5, 0.6) is 5.75 Å². The summed E-state index contributed by atoms with van der Waals surface area (Å²) in [6.07, 6.45) is 0.908. The first-order chi connectivity index (χ1) is 10.0. The molecule has 0 spiro atoms. The van der Waals surface area contributed by atoms with Gasteiger partial charge in [0.15, 0.2) is 0 Å². The van der Waals surface area contributed by atoms with Gasteiger partial charge < -0.3 is 10.1 Å². The van der Waals surface area contributed by atoms with Crippen LogP contribution >= 0.6 is 39.1 Å². The second kappa shape index (κ2) is 7.39. The van der Waals surface area contributed by atoms with E-state index in [1.807, 2.05) is 30.3 Å². The van der Waals surface area contributed by atoms with E-state index in [0.29, 0.717) is 10.0 Å². The topological polar surface area (TPSA) is 21.3 Å². The average molecular weight is 389 g/mol. The van der Waals surface area contributed by atoms with Crippen molar-refractivity contribution in [2.45, 2.75) is 19.4 Å². The largest absolute Gasteiger partial charge is 0.496 e. The molecule has 0 aliphatic rings. The van der Waals surface area contributed by atoms with Crippen molar-refractivity contribution in [1.82, 2.24) is 0 Å². The number of halogens is 3. The number of anilines is 1.